The van der Waals surface area contributed by atoms with Crippen LogP contribution in [0.5, 0.6) is 0 Å². The summed E-state index contributed by atoms with van der Waals surface area (Å²) in [5, 5.41) is 4.43. The molecular formula is C23H32N4S. The van der Waals surface area contributed by atoms with Crippen LogP contribution in [0.1, 0.15) is 80.3 Å². The minimum atomic E-state index is 0.0879. The van der Waals surface area contributed by atoms with E-state index in [1.165, 1.54) is 42.6 Å². The van der Waals surface area contributed by atoms with Crippen molar-refractivity contribution in [3.8, 4) is 0 Å². The van der Waals surface area contributed by atoms with Crippen molar-refractivity contribution in [2.75, 3.05) is 6.54 Å². The quantitative estimate of drug-likeness (QED) is 0.700. The van der Waals surface area contributed by atoms with Crippen LogP contribution in [-0.2, 0) is 0 Å². The van der Waals surface area contributed by atoms with Gasteiger partial charge in [0.05, 0.1) is 17.8 Å². The number of nitrogens with one attached hydrogen (secondary N) is 1. The molecular weight excluding hydrogens is 364 g/mol. The van der Waals surface area contributed by atoms with Gasteiger partial charge in [0.25, 0.3) is 0 Å². The zero-order chi connectivity index (χ0) is 19.8. The lowest BCUT2D eigenvalue weighted by Gasteiger charge is -2.29. The zero-order valence-electron chi connectivity index (χ0n) is 17.5. The molecule has 1 saturated carbocycles. The molecule has 1 N–H and O–H groups in total. The Morgan fingerprint density at radius 3 is 2.61 bits per heavy atom. The van der Waals surface area contributed by atoms with Crippen LogP contribution in [0.25, 0.3) is 0 Å². The van der Waals surface area contributed by atoms with E-state index in [2.05, 4.69) is 65.7 Å². The highest BCUT2D eigenvalue weighted by Crippen LogP contribution is 2.43. The summed E-state index contributed by atoms with van der Waals surface area (Å²) >= 11 is 5.78. The topological polar surface area (TPSA) is 33.1 Å². The van der Waals surface area contributed by atoms with Crippen LogP contribution in [-0.4, -0.2) is 26.1 Å². The van der Waals surface area contributed by atoms with E-state index in [1.807, 2.05) is 12.3 Å². The highest BCUT2D eigenvalue weighted by atomic mass is 32.1. The number of rotatable bonds is 5. The van der Waals surface area contributed by atoms with Crippen LogP contribution in [0.3, 0.4) is 0 Å². The molecule has 2 aliphatic rings. The molecule has 0 aromatic carbocycles. The van der Waals surface area contributed by atoms with Crippen molar-refractivity contribution in [1.82, 2.24) is 19.8 Å². The molecule has 0 radical (unpaired) electrons. The standard InChI is InChI=1S/C23H32N4S/c1-15(2)14-26-22(21(25-23(26)28)20-11-7-8-12-24-20)19-13-16(3)27(17(19)4)18-9-5-6-10-18/h7-8,11-13,15,18,21-22H,5-6,9-10,14H2,1-4H3,(H,25,28)/t21-,22-/m0/s1. The number of hydrogen-bond donors (Lipinski definition) is 1. The minimum absolute atomic E-state index is 0.0879. The lowest BCUT2D eigenvalue weighted by Crippen LogP contribution is -2.33. The van der Waals surface area contributed by atoms with Crippen LogP contribution in [0.4, 0.5) is 0 Å². The van der Waals surface area contributed by atoms with Gasteiger partial charge in [0.1, 0.15) is 0 Å². The molecule has 1 aliphatic heterocycles. The second kappa shape index (κ2) is 7.86. The Bertz CT molecular complexity index is 836. The summed E-state index contributed by atoms with van der Waals surface area (Å²) in [6.07, 6.45) is 7.18. The molecule has 1 aliphatic carbocycles. The average Bonchev–Trinajstić information content (AvgIpc) is 3.35. The van der Waals surface area contributed by atoms with Gasteiger partial charge in [-0.1, -0.05) is 32.8 Å². The molecule has 4 nitrogen and oxygen atoms in total. The molecule has 3 heterocycles. The molecule has 1 saturated heterocycles. The van der Waals surface area contributed by atoms with Crippen molar-refractivity contribution >= 4 is 17.3 Å². The largest absolute Gasteiger partial charge is 0.352 e. The van der Waals surface area contributed by atoms with Crippen molar-refractivity contribution in [3.05, 3.63) is 53.1 Å². The van der Waals surface area contributed by atoms with Crippen LogP contribution in [0.2, 0.25) is 0 Å². The monoisotopic (exact) mass is 396 g/mol. The Kier molecular flexibility index (Phi) is 5.46. The van der Waals surface area contributed by atoms with Crippen molar-refractivity contribution in [2.24, 2.45) is 5.92 Å². The Balaban J connectivity index is 1.78. The summed E-state index contributed by atoms with van der Waals surface area (Å²) in [5.41, 5.74) is 5.23. The molecule has 0 amide bonds. The van der Waals surface area contributed by atoms with E-state index in [9.17, 15) is 0 Å². The fourth-order valence-electron chi connectivity index (χ4n) is 5.16. The van der Waals surface area contributed by atoms with E-state index in [4.69, 9.17) is 12.2 Å². The van der Waals surface area contributed by atoms with Gasteiger partial charge in [-0.3, -0.25) is 4.98 Å². The van der Waals surface area contributed by atoms with Gasteiger partial charge in [0.2, 0.25) is 0 Å². The average molecular weight is 397 g/mol. The molecule has 2 aromatic rings. The summed E-state index contributed by atoms with van der Waals surface area (Å²) in [7, 11) is 0. The van der Waals surface area contributed by atoms with Crippen molar-refractivity contribution in [2.45, 2.75) is 71.5 Å². The fourth-order valence-corrected chi connectivity index (χ4v) is 5.48. The molecule has 0 unspecified atom stereocenters. The van der Waals surface area contributed by atoms with Crippen LogP contribution < -0.4 is 5.32 Å². The number of thiocarbonyl (C=S) groups is 1. The highest BCUT2D eigenvalue weighted by molar-refractivity contribution is 7.80. The molecule has 2 atom stereocenters. The maximum absolute atomic E-state index is 5.78. The lowest BCUT2D eigenvalue weighted by atomic mass is 9.96. The Labute approximate surface area is 174 Å². The summed E-state index contributed by atoms with van der Waals surface area (Å²) in [6, 6.07) is 9.48. The highest BCUT2D eigenvalue weighted by Gasteiger charge is 2.41. The second-order valence-corrected chi connectivity index (χ2v) is 9.19. The number of hydrogen-bond acceptors (Lipinski definition) is 2. The van der Waals surface area contributed by atoms with Gasteiger partial charge in [-0.05, 0) is 68.6 Å². The molecule has 28 heavy (non-hydrogen) atoms. The van der Waals surface area contributed by atoms with E-state index in [0.717, 1.165) is 17.4 Å². The third-order valence-corrected chi connectivity index (χ3v) is 6.64. The maximum atomic E-state index is 5.78. The van der Waals surface area contributed by atoms with E-state index >= 15 is 0 Å². The number of nitrogens with zero attached hydrogens (tertiary/aromatic N) is 3. The predicted molar refractivity (Wildman–Crippen MR) is 118 cm³/mol. The molecule has 150 valence electrons. The Morgan fingerprint density at radius 1 is 1.21 bits per heavy atom. The predicted octanol–water partition coefficient (Wildman–Crippen LogP) is 5.24. The van der Waals surface area contributed by atoms with Gasteiger partial charge in [0.15, 0.2) is 5.11 Å². The van der Waals surface area contributed by atoms with Gasteiger partial charge in [0, 0.05) is 30.2 Å². The maximum Gasteiger partial charge on any atom is 0.170 e. The van der Waals surface area contributed by atoms with Gasteiger partial charge >= 0.3 is 0 Å². The SMILES string of the molecule is Cc1cc([C@H]2[C@H](c3ccccn3)NC(=S)N2CC(C)C)c(C)n1C1CCCC1. The van der Waals surface area contributed by atoms with E-state index < -0.39 is 0 Å². The molecule has 0 bridgehead atoms. The smallest absolute Gasteiger partial charge is 0.170 e. The first-order chi connectivity index (χ1) is 13.5. The molecule has 5 heteroatoms. The first-order valence-corrected chi connectivity index (χ1v) is 11.0. The van der Waals surface area contributed by atoms with Crippen molar-refractivity contribution in [1.29, 1.82) is 0 Å². The summed E-state index contributed by atoms with van der Waals surface area (Å²) < 4.78 is 2.59. The molecule has 4 rings (SSSR count). The third kappa shape index (κ3) is 3.45. The number of aromatic nitrogens is 2. The summed E-state index contributed by atoms with van der Waals surface area (Å²) in [6.45, 7) is 10.0. The van der Waals surface area contributed by atoms with Gasteiger partial charge in [-0.25, -0.2) is 0 Å². The Morgan fingerprint density at radius 2 is 1.96 bits per heavy atom. The normalized spacial score (nSPS) is 23.0. The van der Waals surface area contributed by atoms with Gasteiger partial charge < -0.3 is 14.8 Å². The first kappa shape index (κ1) is 19.4. The van der Waals surface area contributed by atoms with Crippen LogP contribution >= 0.6 is 12.2 Å². The summed E-state index contributed by atoms with van der Waals surface area (Å²) in [5.74, 6) is 0.544. The van der Waals surface area contributed by atoms with Crippen molar-refractivity contribution in [3.63, 3.8) is 0 Å². The third-order valence-electron chi connectivity index (χ3n) is 6.29. The zero-order valence-corrected chi connectivity index (χ0v) is 18.3. The van der Waals surface area contributed by atoms with E-state index in [0.29, 0.717) is 12.0 Å². The summed E-state index contributed by atoms with van der Waals surface area (Å²) in [4.78, 5) is 7.05. The van der Waals surface area contributed by atoms with Crippen molar-refractivity contribution < 1.29 is 0 Å². The van der Waals surface area contributed by atoms with Crippen LogP contribution in [0.15, 0.2) is 30.5 Å². The number of aryl methyl sites for hydroxylation is 1. The minimum Gasteiger partial charge on any atom is -0.352 e. The molecule has 2 fully saturated rings. The molecule has 2 aromatic heterocycles. The Hall–Kier alpha value is -1.88. The lowest BCUT2D eigenvalue weighted by molar-refractivity contribution is 0.286. The van der Waals surface area contributed by atoms with Gasteiger partial charge in [-0.15, -0.1) is 0 Å². The second-order valence-electron chi connectivity index (χ2n) is 8.81. The first-order valence-electron chi connectivity index (χ1n) is 10.6. The fraction of sp³-hybridized carbons (Fsp3) is 0.565. The number of pyridine rings is 1. The van der Waals surface area contributed by atoms with Gasteiger partial charge in [-0.2, -0.15) is 0 Å². The van der Waals surface area contributed by atoms with E-state index in [-0.39, 0.29) is 12.1 Å². The molecule has 0 spiro atoms. The van der Waals surface area contributed by atoms with Crippen LogP contribution in [0, 0.1) is 19.8 Å². The van der Waals surface area contributed by atoms with E-state index in [1.54, 1.807) is 0 Å².